The molecule has 0 spiro atoms. The summed E-state index contributed by atoms with van der Waals surface area (Å²) in [6.45, 7) is 0.597. The minimum absolute atomic E-state index is 0.239. The van der Waals surface area contributed by atoms with Gasteiger partial charge in [-0.2, -0.15) is 0 Å². The molecule has 0 saturated carbocycles. The molecular weight excluding hydrogens is 357 g/mol. The standard InChI is InChI=1S/C23H18FNO3/c1-25-13-20-11-18-10-17(14-2-4-16(5-3-14)23(26)27)12-21(22(18)28-20)15-6-8-19(24)9-7-15/h2-12,25H,13H2,1H3,(H,26,27). The Hall–Kier alpha value is -3.44. The van der Waals surface area contributed by atoms with Gasteiger partial charge < -0.3 is 14.8 Å². The second-order valence-corrected chi connectivity index (χ2v) is 6.57. The van der Waals surface area contributed by atoms with Crippen molar-refractivity contribution in [1.82, 2.24) is 5.32 Å². The van der Waals surface area contributed by atoms with Gasteiger partial charge in [0.25, 0.3) is 0 Å². The SMILES string of the molecule is CNCc1cc2cc(-c3ccc(C(=O)O)cc3)cc(-c3ccc(F)cc3)c2o1. The fraction of sp³-hybridized carbons (Fsp3) is 0.0870. The molecule has 0 radical (unpaired) electrons. The van der Waals surface area contributed by atoms with Crippen molar-refractivity contribution in [3.63, 3.8) is 0 Å². The minimum atomic E-state index is -0.958. The molecule has 0 unspecified atom stereocenters. The molecule has 4 nitrogen and oxygen atoms in total. The number of fused-ring (bicyclic) bond motifs is 1. The van der Waals surface area contributed by atoms with E-state index in [1.165, 1.54) is 12.1 Å². The number of rotatable bonds is 5. The number of carboxylic acid groups (broad SMARTS) is 1. The summed E-state index contributed by atoms with van der Waals surface area (Å²) in [7, 11) is 1.85. The van der Waals surface area contributed by atoms with E-state index in [-0.39, 0.29) is 11.4 Å². The van der Waals surface area contributed by atoms with Crippen LogP contribution in [0.3, 0.4) is 0 Å². The predicted octanol–water partition coefficient (Wildman–Crippen LogP) is 5.32. The van der Waals surface area contributed by atoms with E-state index in [9.17, 15) is 9.18 Å². The maximum Gasteiger partial charge on any atom is 0.335 e. The van der Waals surface area contributed by atoms with Gasteiger partial charge >= 0.3 is 5.97 Å². The van der Waals surface area contributed by atoms with E-state index in [1.807, 2.05) is 25.2 Å². The smallest absolute Gasteiger partial charge is 0.335 e. The van der Waals surface area contributed by atoms with E-state index < -0.39 is 5.97 Å². The van der Waals surface area contributed by atoms with Gasteiger partial charge in [-0.1, -0.05) is 24.3 Å². The lowest BCUT2D eigenvalue weighted by molar-refractivity contribution is 0.0697. The van der Waals surface area contributed by atoms with Gasteiger partial charge in [0.15, 0.2) is 0 Å². The van der Waals surface area contributed by atoms with Crippen molar-refractivity contribution in [3.05, 3.63) is 83.9 Å². The molecule has 4 rings (SSSR count). The monoisotopic (exact) mass is 375 g/mol. The molecule has 0 amide bonds. The maximum absolute atomic E-state index is 13.4. The molecule has 2 N–H and O–H groups in total. The van der Waals surface area contributed by atoms with Crippen LogP contribution in [-0.4, -0.2) is 18.1 Å². The molecule has 0 aliphatic carbocycles. The fourth-order valence-electron chi connectivity index (χ4n) is 3.28. The lowest BCUT2D eigenvalue weighted by atomic mass is 9.96. The van der Waals surface area contributed by atoms with Crippen molar-refractivity contribution in [2.75, 3.05) is 7.05 Å². The average molecular weight is 375 g/mol. The molecule has 0 atom stereocenters. The summed E-state index contributed by atoms with van der Waals surface area (Å²) in [5, 5.41) is 13.1. The van der Waals surface area contributed by atoms with E-state index in [4.69, 9.17) is 9.52 Å². The van der Waals surface area contributed by atoms with Crippen LogP contribution in [0.25, 0.3) is 33.2 Å². The van der Waals surface area contributed by atoms with Crippen LogP contribution in [0.1, 0.15) is 16.1 Å². The third-order valence-electron chi connectivity index (χ3n) is 4.64. The molecule has 5 heteroatoms. The highest BCUT2D eigenvalue weighted by Crippen LogP contribution is 2.36. The number of hydrogen-bond donors (Lipinski definition) is 2. The summed E-state index contributed by atoms with van der Waals surface area (Å²) in [4.78, 5) is 11.1. The fourth-order valence-corrected chi connectivity index (χ4v) is 3.28. The van der Waals surface area contributed by atoms with Crippen molar-refractivity contribution < 1.29 is 18.7 Å². The Kier molecular flexibility index (Phi) is 4.67. The molecule has 0 bridgehead atoms. The largest absolute Gasteiger partial charge is 0.478 e. The van der Waals surface area contributed by atoms with Crippen LogP contribution < -0.4 is 5.32 Å². The number of aromatic carboxylic acids is 1. The second-order valence-electron chi connectivity index (χ2n) is 6.57. The molecule has 3 aromatic carbocycles. The highest BCUT2D eigenvalue weighted by Gasteiger charge is 2.14. The summed E-state index contributed by atoms with van der Waals surface area (Å²) < 4.78 is 19.4. The van der Waals surface area contributed by atoms with Crippen LogP contribution in [0.4, 0.5) is 4.39 Å². The van der Waals surface area contributed by atoms with Crippen molar-refractivity contribution in [3.8, 4) is 22.3 Å². The quantitative estimate of drug-likeness (QED) is 0.495. The Bertz CT molecular complexity index is 1150. The first-order valence-corrected chi connectivity index (χ1v) is 8.86. The first-order valence-electron chi connectivity index (χ1n) is 8.86. The number of benzene rings is 3. The molecule has 140 valence electrons. The van der Waals surface area contributed by atoms with Crippen molar-refractivity contribution in [1.29, 1.82) is 0 Å². The van der Waals surface area contributed by atoms with Gasteiger partial charge in [-0.3, -0.25) is 0 Å². The Morgan fingerprint density at radius 2 is 1.64 bits per heavy atom. The van der Waals surface area contributed by atoms with E-state index in [0.717, 1.165) is 39.0 Å². The topological polar surface area (TPSA) is 62.5 Å². The number of nitrogens with one attached hydrogen (secondary N) is 1. The lowest BCUT2D eigenvalue weighted by Crippen LogP contribution is -2.03. The predicted molar refractivity (Wildman–Crippen MR) is 107 cm³/mol. The van der Waals surface area contributed by atoms with Crippen LogP contribution >= 0.6 is 0 Å². The summed E-state index contributed by atoms with van der Waals surface area (Å²) in [5.74, 6) is -0.449. The maximum atomic E-state index is 13.4. The third-order valence-corrected chi connectivity index (χ3v) is 4.64. The van der Waals surface area contributed by atoms with Gasteiger partial charge in [-0.25, -0.2) is 9.18 Å². The van der Waals surface area contributed by atoms with Gasteiger partial charge in [0, 0.05) is 10.9 Å². The zero-order chi connectivity index (χ0) is 19.7. The highest BCUT2D eigenvalue weighted by molar-refractivity contribution is 5.97. The van der Waals surface area contributed by atoms with Crippen LogP contribution in [0.5, 0.6) is 0 Å². The molecule has 0 saturated heterocycles. The van der Waals surface area contributed by atoms with Gasteiger partial charge in [0.2, 0.25) is 0 Å². The molecule has 4 aromatic rings. The summed E-state index contributed by atoms with van der Waals surface area (Å²) >= 11 is 0. The molecule has 1 heterocycles. The van der Waals surface area contributed by atoms with Crippen LogP contribution in [0, 0.1) is 5.82 Å². The number of carbonyl (C=O) groups is 1. The van der Waals surface area contributed by atoms with E-state index in [2.05, 4.69) is 5.32 Å². The van der Waals surface area contributed by atoms with Crippen LogP contribution in [0.2, 0.25) is 0 Å². The zero-order valence-electron chi connectivity index (χ0n) is 15.2. The zero-order valence-corrected chi connectivity index (χ0v) is 15.2. The highest BCUT2D eigenvalue weighted by atomic mass is 19.1. The van der Waals surface area contributed by atoms with Crippen molar-refractivity contribution in [2.24, 2.45) is 0 Å². The van der Waals surface area contributed by atoms with Gasteiger partial charge in [0.05, 0.1) is 12.1 Å². The number of halogens is 1. The molecule has 0 aliphatic rings. The van der Waals surface area contributed by atoms with E-state index in [0.29, 0.717) is 6.54 Å². The molecule has 1 aromatic heterocycles. The second kappa shape index (κ2) is 7.29. The summed E-state index contributed by atoms with van der Waals surface area (Å²) in [6, 6.07) is 19.0. The first-order chi connectivity index (χ1) is 13.5. The van der Waals surface area contributed by atoms with Gasteiger partial charge in [0.1, 0.15) is 17.2 Å². The number of furan rings is 1. The molecular formula is C23H18FNO3. The van der Waals surface area contributed by atoms with Gasteiger partial charge in [-0.15, -0.1) is 0 Å². The van der Waals surface area contributed by atoms with Crippen molar-refractivity contribution in [2.45, 2.75) is 6.54 Å². The lowest BCUT2D eigenvalue weighted by Gasteiger charge is -2.08. The minimum Gasteiger partial charge on any atom is -0.478 e. The summed E-state index contributed by atoms with van der Waals surface area (Å²) in [5.41, 5.74) is 4.51. The Morgan fingerprint density at radius 1 is 0.964 bits per heavy atom. The van der Waals surface area contributed by atoms with E-state index in [1.54, 1.807) is 36.4 Å². The summed E-state index contributed by atoms with van der Waals surface area (Å²) in [6.07, 6.45) is 0. The molecule has 0 fully saturated rings. The first kappa shape index (κ1) is 17.9. The average Bonchev–Trinajstić information content (AvgIpc) is 3.11. The normalized spacial score (nSPS) is 11.1. The Balaban J connectivity index is 1.89. The molecule has 0 aliphatic heterocycles. The van der Waals surface area contributed by atoms with Crippen molar-refractivity contribution >= 4 is 16.9 Å². The van der Waals surface area contributed by atoms with E-state index >= 15 is 0 Å². The van der Waals surface area contributed by atoms with Crippen LogP contribution in [-0.2, 0) is 6.54 Å². The number of hydrogen-bond acceptors (Lipinski definition) is 3. The Morgan fingerprint density at radius 3 is 2.29 bits per heavy atom. The number of carboxylic acids is 1. The Labute approximate surface area is 161 Å². The van der Waals surface area contributed by atoms with Crippen LogP contribution in [0.15, 0.2) is 71.1 Å². The third kappa shape index (κ3) is 3.40. The van der Waals surface area contributed by atoms with Gasteiger partial charge in [-0.05, 0) is 66.2 Å². The molecule has 28 heavy (non-hydrogen) atoms.